The van der Waals surface area contributed by atoms with E-state index in [9.17, 15) is 4.79 Å². The molecular weight excluding hydrogens is 438 g/mol. The van der Waals surface area contributed by atoms with E-state index in [2.05, 4.69) is 26.2 Å². The number of benzene rings is 2. The van der Waals surface area contributed by atoms with Gasteiger partial charge in [0.1, 0.15) is 17.0 Å². The minimum Gasteiger partial charge on any atom is -0.362 e. The molecule has 0 saturated carbocycles. The number of nitrogens with zero attached hydrogens (tertiary/aromatic N) is 2. The second kappa shape index (κ2) is 8.00. The third-order valence-electron chi connectivity index (χ3n) is 4.21. The van der Waals surface area contributed by atoms with E-state index in [1.54, 1.807) is 22.7 Å². The Labute approximate surface area is 175 Å². The SMILES string of the molecule is O=C(/C=C\Nc1ccc(Br)cc1)c1c(-c2ccc(Cl)cc2)nc2ccccn12. The number of hydrogen-bond acceptors (Lipinski definition) is 3. The molecule has 0 unspecified atom stereocenters. The zero-order valence-electron chi connectivity index (χ0n) is 14.6. The van der Waals surface area contributed by atoms with Crippen molar-refractivity contribution in [1.82, 2.24) is 9.38 Å². The second-order valence-corrected chi connectivity index (χ2v) is 7.45. The Hall–Kier alpha value is -2.89. The molecule has 0 spiro atoms. The molecule has 2 heterocycles. The summed E-state index contributed by atoms with van der Waals surface area (Å²) in [5.74, 6) is -0.145. The summed E-state index contributed by atoms with van der Waals surface area (Å²) < 4.78 is 2.80. The van der Waals surface area contributed by atoms with Crippen LogP contribution < -0.4 is 5.32 Å². The van der Waals surface area contributed by atoms with Gasteiger partial charge < -0.3 is 5.32 Å². The number of carbonyl (C=O) groups excluding carboxylic acids is 1. The highest BCUT2D eigenvalue weighted by Crippen LogP contribution is 2.26. The molecule has 4 nitrogen and oxygen atoms in total. The van der Waals surface area contributed by atoms with Gasteiger partial charge in [-0.25, -0.2) is 4.98 Å². The van der Waals surface area contributed by atoms with Crippen LogP contribution in [0.5, 0.6) is 0 Å². The van der Waals surface area contributed by atoms with Crippen molar-refractivity contribution in [2.75, 3.05) is 5.32 Å². The van der Waals surface area contributed by atoms with Gasteiger partial charge >= 0.3 is 0 Å². The molecule has 0 amide bonds. The van der Waals surface area contributed by atoms with Crippen molar-refractivity contribution in [3.63, 3.8) is 0 Å². The number of halogens is 2. The van der Waals surface area contributed by atoms with Crippen LogP contribution in [-0.4, -0.2) is 15.2 Å². The number of hydrogen-bond donors (Lipinski definition) is 1. The van der Waals surface area contributed by atoms with Crippen LogP contribution in [-0.2, 0) is 0 Å². The molecule has 4 rings (SSSR count). The quantitative estimate of drug-likeness (QED) is 0.288. The van der Waals surface area contributed by atoms with Gasteiger partial charge in [-0.2, -0.15) is 0 Å². The summed E-state index contributed by atoms with van der Waals surface area (Å²) in [7, 11) is 0. The average molecular weight is 453 g/mol. The summed E-state index contributed by atoms with van der Waals surface area (Å²) in [6.07, 6.45) is 4.99. The van der Waals surface area contributed by atoms with E-state index in [1.807, 2.05) is 60.8 Å². The van der Waals surface area contributed by atoms with Crippen LogP contribution in [0.15, 0.2) is 89.7 Å². The van der Waals surface area contributed by atoms with Crippen molar-refractivity contribution in [3.05, 3.63) is 100 Å². The number of fused-ring (bicyclic) bond motifs is 1. The number of carbonyl (C=O) groups is 1. The maximum Gasteiger partial charge on any atom is 0.206 e. The molecule has 2 aromatic heterocycles. The lowest BCUT2D eigenvalue weighted by Gasteiger charge is -2.03. The predicted molar refractivity (Wildman–Crippen MR) is 117 cm³/mol. The predicted octanol–water partition coefficient (Wildman–Crippen LogP) is 6.23. The van der Waals surface area contributed by atoms with Crippen LogP contribution in [0.1, 0.15) is 10.5 Å². The van der Waals surface area contributed by atoms with E-state index < -0.39 is 0 Å². The molecule has 0 atom stereocenters. The lowest BCUT2D eigenvalue weighted by molar-refractivity contribution is 0.104. The molecule has 0 aliphatic carbocycles. The molecule has 2 aromatic carbocycles. The molecule has 0 aliphatic heterocycles. The fourth-order valence-electron chi connectivity index (χ4n) is 2.88. The topological polar surface area (TPSA) is 46.4 Å². The fraction of sp³-hybridized carbons (Fsp3) is 0. The first kappa shape index (κ1) is 18.5. The highest BCUT2D eigenvalue weighted by atomic mass is 79.9. The number of ketones is 1. The van der Waals surface area contributed by atoms with Gasteiger partial charge in [-0.05, 0) is 48.5 Å². The number of allylic oxidation sites excluding steroid dienone is 1. The molecular formula is C22H15BrClN3O. The van der Waals surface area contributed by atoms with Gasteiger partial charge in [0.2, 0.25) is 5.78 Å². The van der Waals surface area contributed by atoms with E-state index in [0.717, 1.165) is 15.7 Å². The van der Waals surface area contributed by atoms with Crippen LogP contribution >= 0.6 is 27.5 Å². The van der Waals surface area contributed by atoms with Gasteiger partial charge in [0.25, 0.3) is 0 Å². The Morgan fingerprint density at radius 2 is 1.79 bits per heavy atom. The molecule has 0 aliphatic rings. The van der Waals surface area contributed by atoms with Crippen molar-refractivity contribution in [2.24, 2.45) is 0 Å². The molecule has 0 saturated heterocycles. The van der Waals surface area contributed by atoms with Crippen LogP contribution in [0.3, 0.4) is 0 Å². The van der Waals surface area contributed by atoms with E-state index in [-0.39, 0.29) is 5.78 Å². The molecule has 4 aromatic rings. The normalized spacial score (nSPS) is 11.2. The number of anilines is 1. The van der Waals surface area contributed by atoms with E-state index >= 15 is 0 Å². The Balaban J connectivity index is 1.69. The van der Waals surface area contributed by atoms with Crippen LogP contribution in [0.2, 0.25) is 5.02 Å². The van der Waals surface area contributed by atoms with Crippen molar-refractivity contribution in [2.45, 2.75) is 0 Å². The highest BCUT2D eigenvalue weighted by Gasteiger charge is 2.18. The second-order valence-electron chi connectivity index (χ2n) is 6.09. The van der Waals surface area contributed by atoms with E-state index in [1.165, 1.54) is 6.08 Å². The number of rotatable bonds is 5. The number of pyridine rings is 1. The van der Waals surface area contributed by atoms with Gasteiger partial charge in [0.05, 0.1) is 0 Å². The summed E-state index contributed by atoms with van der Waals surface area (Å²) in [4.78, 5) is 17.7. The summed E-state index contributed by atoms with van der Waals surface area (Å²) in [6, 6.07) is 20.7. The van der Waals surface area contributed by atoms with Crippen molar-refractivity contribution in [1.29, 1.82) is 0 Å². The zero-order chi connectivity index (χ0) is 19.5. The van der Waals surface area contributed by atoms with Gasteiger partial charge in [0, 0.05) is 39.2 Å². The van der Waals surface area contributed by atoms with Gasteiger partial charge in [-0.1, -0.05) is 45.7 Å². The van der Waals surface area contributed by atoms with Gasteiger partial charge in [-0.3, -0.25) is 9.20 Å². The monoisotopic (exact) mass is 451 g/mol. The maximum atomic E-state index is 13.0. The molecule has 0 fully saturated rings. The number of nitrogens with one attached hydrogen (secondary N) is 1. The Morgan fingerprint density at radius 1 is 1.04 bits per heavy atom. The Kier molecular flexibility index (Phi) is 5.28. The third kappa shape index (κ3) is 3.86. The van der Waals surface area contributed by atoms with E-state index in [0.29, 0.717) is 22.1 Å². The first-order valence-electron chi connectivity index (χ1n) is 8.58. The smallest absolute Gasteiger partial charge is 0.206 e. The summed E-state index contributed by atoms with van der Waals surface area (Å²) in [5, 5.41) is 3.75. The standard InChI is InChI=1S/C22H15BrClN3O/c23-16-6-10-18(11-7-16)25-13-12-19(28)22-21(15-4-8-17(24)9-5-15)26-20-3-1-2-14-27(20)22/h1-14,25H/b13-12-. The first-order chi connectivity index (χ1) is 13.6. The van der Waals surface area contributed by atoms with Crippen LogP contribution in [0, 0.1) is 0 Å². The number of aromatic nitrogens is 2. The number of imidazole rings is 1. The van der Waals surface area contributed by atoms with Crippen LogP contribution in [0.4, 0.5) is 5.69 Å². The lowest BCUT2D eigenvalue weighted by Crippen LogP contribution is -2.03. The summed E-state index contributed by atoms with van der Waals surface area (Å²) in [6.45, 7) is 0. The van der Waals surface area contributed by atoms with E-state index in [4.69, 9.17) is 11.6 Å². The molecule has 138 valence electrons. The molecule has 0 bridgehead atoms. The average Bonchev–Trinajstić information content (AvgIpc) is 3.09. The summed E-state index contributed by atoms with van der Waals surface area (Å²) >= 11 is 9.40. The fourth-order valence-corrected chi connectivity index (χ4v) is 3.27. The van der Waals surface area contributed by atoms with Crippen molar-refractivity contribution in [3.8, 4) is 11.3 Å². The lowest BCUT2D eigenvalue weighted by atomic mass is 10.1. The Bertz CT molecular complexity index is 1160. The minimum absolute atomic E-state index is 0.145. The largest absolute Gasteiger partial charge is 0.362 e. The summed E-state index contributed by atoms with van der Waals surface area (Å²) in [5.41, 5.74) is 3.58. The van der Waals surface area contributed by atoms with Gasteiger partial charge in [0.15, 0.2) is 0 Å². The van der Waals surface area contributed by atoms with Crippen LogP contribution in [0.25, 0.3) is 16.9 Å². The van der Waals surface area contributed by atoms with Crippen molar-refractivity contribution < 1.29 is 4.79 Å². The Morgan fingerprint density at radius 3 is 2.54 bits per heavy atom. The molecule has 6 heteroatoms. The van der Waals surface area contributed by atoms with Gasteiger partial charge in [-0.15, -0.1) is 0 Å². The highest BCUT2D eigenvalue weighted by molar-refractivity contribution is 9.10. The zero-order valence-corrected chi connectivity index (χ0v) is 17.0. The minimum atomic E-state index is -0.145. The maximum absolute atomic E-state index is 13.0. The van der Waals surface area contributed by atoms with Crippen molar-refractivity contribution >= 4 is 44.6 Å². The first-order valence-corrected chi connectivity index (χ1v) is 9.75. The molecule has 28 heavy (non-hydrogen) atoms. The third-order valence-corrected chi connectivity index (χ3v) is 4.99. The molecule has 0 radical (unpaired) electrons. The molecule has 1 N–H and O–H groups in total.